The van der Waals surface area contributed by atoms with E-state index in [0.717, 1.165) is 5.56 Å². The molecule has 0 saturated carbocycles. The summed E-state index contributed by atoms with van der Waals surface area (Å²) in [6.45, 7) is 10.7. The smallest absolute Gasteiger partial charge is 0.306 e. The van der Waals surface area contributed by atoms with Gasteiger partial charge in [-0.05, 0) is 23.7 Å². The first kappa shape index (κ1) is 17.7. The summed E-state index contributed by atoms with van der Waals surface area (Å²) in [5.41, 5.74) is 1.05. The van der Waals surface area contributed by atoms with E-state index in [1.54, 1.807) is 0 Å². The van der Waals surface area contributed by atoms with E-state index in [1.807, 2.05) is 42.5 Å². The summed E-state index contributed by atoms with van der Waals surface area (Å²) >= 11 is 0. The van der Waals surface area contributed by atoms with Gasteiger partial charge in [-0.1, -0.05) is 63.3 Å². The molecule has 0 heterocycles. The summed E-state index contributed by atoms with van der Waals surface area (Å²) in [4.78, 5) is 11.1. The molecular formula is C17H26O3Si. The zero-order chi connectivity index (χ0) is 16.1. The van der Waals surface area contributed by atoms with Gasteiger partial charge in [-0.3, -0.25) is 4.79 Å². The van der Waals surface area contributed by atoms with Gasteiger partial charge in [-0.2, -0.15) is 0 Å². The van der Waals surface area contributed by atoms with Crippen LogP contribution in [-0.4, -0.2) is 25.5 Å². The standard InChI is InChI=1S/C17H26O3Si/c1-17(2,3)21(4,5)20-15(13-16(18)19)12-11-14-9-7-6-8-10-14/h6-12,15H,13H2,1-5H3,(H,18,19)/b12-11+. The van der Waals surface area contributed by atoms with Crippen molar-refractivity contribution in [2.24, 2.45) is 0 Å². The van der Waals surface area contributed by atoms with Crippen molar-refractivity contribution in [3.8, 4) is 0 Å². The van der Waals surface area contributed by atoms with E-state index in [2.05, 4.69) is 33.9 Å². The highest BCUT2D eigenvalue weighted by Crippen LogP contribution is 2.37. The first-order valence-corrected chi connectivity index (χ1v) is 10.2. The molecule has 0 bridgehead atoms. The van der Waals surface area contributed by atoms with Crippen LogP contribution in [0.3, 0.4) is 0 Å². The van der Waals surface area contributed by atoms with Crippen LogP contribution in [0.1, 0.15) is 32.8 Å². The van der Waals surface area contributed by atoms with Crippen LogP contribution < -0.4 is 0 Å². The molecule has 21 heavy (non-hydrogen) atoms. The van der Waals surface area contributed by atoms with Gasteiger partial charge in [0.2, 0.25) is 0 Å². The third kappa shape index (κ3) is 5.85. The Hall–Kier alpha value is -1.39. The summed E-state index contributed by atoms with van der Waals surface area (Å²) in [6.07, 6.45) is 3.41. The largest absolute Gasteiger partial charge is 0.481 e. The van der Waals surface area contributed by atoms with E-state index in [0.29, 0.717) is 0 Å². The van der Waals surface area contributed by atoms with Crippen molar-refractivity contribution >= 4 is 20.4 Å². The number of hydrogen-bond acceptors (Lipinski definition) is 2. The molecule has 0 saturated heterocycles. The Morgan fingerprint density at radius 2 is 1.86 bits per heavy atom. The van der Waals surface area contributed by atoms with E-state index < -0.39 is 14.3 Å². The average Bonchev–Trinajstić information content (AvgIpc) is 2.35. The average molecular weight is 306 g/mol. The lowest BCUT2D eigenvalue weighted by molar-refractivity contribution is -0.138. The summed E-state index contributed by atoms with van der Waals surface area (Å²) < 4.78 is 6.21. The Morgan fingerprint density at radius 1 is 1.29 bits per heavy atom. The van der Waals surface area contributed by atoms with Gasteiger partial charge in [0.1, 0.15) is 0 Å². The highest BCUT2D eigenvalue weighted by Gasteiger charge is 2.39. The maximum atomic E-state index is 11.1. The molecule has 0 fully saturated rings. The Labute approximate surface area is 128 Å². The minimum atomic E-state index is -1.99. The van der Waals surface area contributed by atoms with Crippen molar-refractivity contribution in [2.75, 3.05) is 0 Å². The summed E-state index contributed by atoms with van der Waals surface area (Å²) in [6, 6.07) is 9.85. The Balaban J connectivity index is 2.86. The second-order valence-corrected chi connectivity index (χ2v) is 11.5. The van der Waals surface area contributed by atoms with Gasteiger partial charge in [0.15, 0.2) is 8.32 Å². The van der Waals surface area contributed by atoms with Crippen LogP contribution in [0.4, 0.5) is 0 Å². The lowest BCUT2D eigenvalue weighted by Crippen LogP contribution is -2.44. The summed E-state index contributed by atoms with van der Waals surface area (Å²) in [7, 11) is -1.99. The van der Waals surface area contributed by atoms with Crippen molar-refractivity contribution in [3.05, 3.63) is 42.0 Å². The van der Waals surface area contributed by atoms with Crippen LogP contribution in [0.25, 0.3) is 6.08 Å². The SMILES string of the molecule is CC(C)(C)[Si](C)(C)OC(/C=C/c1ccccc1)CC(=O)O. The van der Waals surface area contributed by atoms with Gasteiger partial charge >= 0.3 is 5.97 Å². The third-order valence-electron chi connectivity index (χ3n) is 3.93. The topological polar surface area (TPSA) is 46.5 Å². The van der Waals surface area contributed by atoms with Gasteiger partial charge in [-0.15, -0.1) is 0 Å². The molecular weight excluding hydrogens is 280 g/mol. The highest BCUT2D eigenvalue weighted by molar-refractivity contribution is 6.74. The fourth-order valence-corrected chi connectivity index (χ4v) is 2.93. The minimum absolute atomic E-state index is 0.00412. The summed E-state index contributed by atoms with van der Waals surface area (Å²) in [5.74, 6) is -0.837. The van der Waals surface area contributed by atoms with E-state index in [9.17, 15) is 4.79 Å². The Morgan fingerprint density at radius 3 is 2.33 bits per heavy atom. The molecule has 1 atom stereocenters. The second kappa shape index (κ2) is 7.05. The number of aliphatic carboxylic acids is 1. The van der Waals surface area contributed by atoms with Crippen LogP contribution in [0, 0.1) is 0 Å². The van der Waals surface area contributed by atoms with Crippen LogP contribution >= 0.6 is 0 Å². The van der Waals surface area contributed by atoms with Crippen LogP contribution in [0.5, 0.6) is 0 Å². The molecule has 0 radical (unpaired) electrons. The number of benzene rings is 1. The second-order valence-electron chi connectivity index (χ2n) is 6.78. The Kier molecular flexibility index (Phi) is 5.93. The molecule has 116 valence electrons. The predicted molar refractivity (Wildman–Crippen MR) is 89.8 cm³/mol. The van der Waals surface area contributed by atoms with Gasteiger partial charge in [0, 0.05) is 0 Å². The number of carboxylic acid groups (broad SMARTS) is 1. The zero-order valence-corrected chi connectivity index (χ0v) is 14.6. The van der Waals surface area contributed by atoms with E-state index in [4.69, 9.17) is 9.53 Å². The molecule has 3 nitrogen and oxygen atoms in total. The molecule has 0 aromatic heterocycles. The van der Waals surface area contributed by atoms with Gasteiger partial charge in [0.05, 0.1) is 12.5 Å². The molecule has 1 unspecified atom stereocenters. The quantitative estimate of drug-likeness (QED) is 0.783. The van der Waals surface area contributed by atoms with Crippen molar-refractivity contribution < 1.29 is 14.3 Å². The molecule has 0 spiro atoms. The molecule has 4 heteroatoms. The Bertz CT molecular complexity index is 487. The molecule has 1 N–H and O–H groups in total. The van der Waals surface area contributed by atoms with Gasteiger partial charge in [-0.25, -0.2) is 0 Å². The minimum Gasteiger partial charge on any atom is -0.481 e. The van der Waals surface area contributed by atoms with Gasteiger partial charge in [0.25, 0.3) is 0 Å². The van der Waals surface area contributed by atoms with E-state index in [1.165, 1.54) is 0 Å². The maximum absolute atomic E-state index is 11.1. The lowest BCUT2D eigenvalue weighted by Gasteiger charge is -2.38. The zero-order valence-electron chi connectivity index (χ0n) is 13.6. The van der Waals surface area contributed by atoms with E-state index >= 15 is 0 Å². The molecule has 1 aromatic rings. The molecule has 0 aliphatic carbocycles. The molecule has 1 aromatic carbocycles. The maximum Gasteiger partial charge on any atom is 0.306 e. The fourth-order valence-electron chi connectivity index (χ4n) is 1.66. The first-order valence-electron chi connectivity index (χ1n) is 7.25. The molecule has 0 aliphatic heterocycles. The molecule has 0 aliphatic rings. The number of carbonyl (C=O) groups is 1. The third-order valence-corrected chi connectivity index (χ3v) is 8.44. The summed E-state index contributed by atoms with van der Waals surface area (Å²) in [5, 5.41) is 9.14. The predicted octanol–water partition coefficient (Wildman–Crippen LogP) is 4.56. The normalized spacial score (nSPS) is 14.3. The first-order chi connectivity index (χ1) is 9.62. The number of carboxylic acids is 1. The van der Waals surface area contributed by atoms with Crippen molar-refractivity contribution in [3.63, 3.8) is 0 Å². The monoisotopic (exact) mass is 306 g/mol. The van der Waals surface area contributed by atoms with Crippen LogP contribution in [-0.2, 0) is 9.22 Å². The van der Waals surface area contributed by atoms with Gasteiger partial charge < -0.3 is 9.53 Å². The van der Waals surface area contributed by atoms with Crippen molar-refractivity contribution in [2.45, 2.75) is 51.4 Å². The van der Waals surface area contributed by atoms with Crippen LogP contribution in [0.15, 0.2) is 36.4 Å². The number of hydrogen-bond donors (Lipinski definition) is 1. The molecule has 0 amide bonds. The fraction of sp³-hybridized carbons (Fsp3) is 0.471. The van der Waals surface area contributed by atoms with Crippen molar-refractivity contribution in [1.82, 2.24) is 0 Å². The van der Waals surface area contributed by atoms with Crippen molar-refractivity contribution in [1.29, 1.82) is 0 Å². The van der Waals surface area contributed by atoms with Crippen LogP contribution in [0.2, 0.25) is 18.1 Å². The number of rotatable bonds is 6. The van der Waals surface area contributed by atoms with E-state index in [-0.39, 0.29) is 17.6 Å². The highest BCUT2D eigenvalue weighted by atomic mass is 28.4. The lowest BCUT2D eigenvalue weighted by atomic mass is 10.1. The molecule has 1 rings (SSSR count).